The lowest BCUT2D eigenvalue weighted by molar-refractivity contribution is -0.119. The number of nitrogens with zero attached hydrogens (tertiary/aromatic N) is 1. The van der Waals surface area contributed by atoms with Crippen molar-refractivity contribution in [3.8, 4) is 0 Å². The highest BCUT2D eigenvalue weighted by atomic mass is 16.2. The van der Waals surface area contributed by atoms with Gasteiger partial charge in [0.2, 0.25) is 5.91 Å². The highest BCUT2D eigenvalue weighted by molar-refractivity contribution is 5.96. The Labute approximate surface area is 119 Å². The van der Waals surface area contributed by atoms with Crippen molar-refractivity contribution in [2.45, 2.75) is 13.3 Å². The molecule has 0 aliphatic heterocycles. The van der Waals surface area contributed by atoms with Gasteiger partial charge in [0.05, 0.1) is 17.9 Å². The van der Waals surface area contributed by atoms with Crippen LogP contribution in [0.15, 0.2) is 18.2 Å². The van der Waals surface area contributed by atoms with Crippen molar-refractivity contribution in [2.75, 3.05) is 38.2 Å². The number of hydrogen-bond donors (Lipinski definition) is 3. The van der Waals surface area contributed by atoms with Gasteiger partial charge in [-0.25, -0.2) is 0 Å². The first-order valence-electron chi connectivity index (χ1n) is 6.57. The molecule has 0 aromatic heterocycles. The van der Waals surface area contributed by atoms with E-state index in [4.69, 9.17) is 5.73 Å². The van der Waals surface area contributed by atoms with Crippen molar-refractivity contribution in [1.82, 2.24) is 10.2 Å². The van der Waals surface area contributed by atoms with Crippen molar-refractivity contribution in [3.63, 3.8) is 0 Å². The fraction of sp³-hybridized carbons (Fsp3) is 0.429. The Morgan fingerprint density at radius 1 is 1.30 bits per heavy atom. The predicted octanol–water partition coefficient (Wildman–Crippen LogP) is 0.909. The number of benzene rings is 1. The van der Waals surface area contributed by atoms with Crippen LogP contribution >= 0.6 is 0 Å². The van der Waals surface area contributed by atoms with Crippen LogP contribution in [0.1, 0.15) is 23.7 Å². The summed E-state index contributed by atoms with van der Waals surface area (Å²) in [6.45, 7) is 2.76. The standard InChI is InChI=1S/C14H22N4O2/c1-4-7-16-13(19)9-17-12-8-10(5-6-11(12)15)14(20)18(2)3/h5-6,8,17H,4,7,9,15H2,1-3H3,(H,16,19). The fourth-order valence-corrected chi connectivity index (χ4v) is 1.60. The van der Waals surface area contributed by atoms with Crippen LogP contribution in [-0.2, 0) is 4.79 Å². The highest BCUT2D eigenvalue weighted by Gasteiger charge is 2.10. The van der Waals surface area contributed by atoms with Crippen LogP contribution in [-0.4, -0.2) is 43.9 Å². The number of hydrogen-bond acceptors (Lipinski definition) is 4. The Kier molecular flexibility index (Phi) is 5.83. The minimum atomic E-state index is -0.108. The molecule has 4 N–H and O–H groups in total. The largest absolute Gasteiger partial charge is 0.397 e. The summed E-state index contributed by atoms with van der Waals surface area (Å²) in [5.41, 5.74) is 7.45. The molecule has 20 heavy (non-hydrogen) atoms. The van der Waals surface area contributed by atoms with E-state index in [0.717, 1.165) is 6.42 Å². The number of carbonyl (C=O) groups is 2. The molecule has 6 nitrogen and oxygen atoms in total. The highest BCUT2D eigenvalue weighted by Crippen LogP contribution is 2.20. The van der Waals surface area contributed by atoms with E-state index in [1.165, 1.54) is 4.90 Å². The molecule has 0 radical (unpaired) electrons. The van der Waals surface area contributed by atoms with Crippen LogP contribution in [0, 0.1) is 0 Å². The van der Waals surface area contributed by atoms with Gasteiger partial charge in [-0.2, -0.15) is 0 Å². The number of nitrogen functional groups attached to an aromatic ring is 1. The lowest BCUT2D eigenvalue weighted by Crippen LogP contribution is -2.30. The molecule has 0 saturated carbocycles. The molecule has 0 fully saturated rings. The van der Waals surface area contributed by atoms with Crippen molar-refractivity contribution >= 4 is 23.2 Å². The monoisotopic (exact) mass is 278 g/mol. The number of nitrogens with two attached hydrogens (primary N) is 1. The van der Waals surface area contributed by atoms with E-state index < -0.39 is 0 Å². The molecule has 0 aliphatic carbocycles. The lowest BCUT2D eigenvalue weighted by Gasteiger charge is -2.14. The van der Waals surface area contributed by atoms with Crippen molar-refractivity contribution in [3.05, 3.63) is 23.8 Å². The molecule has 1 rings (SSSR count). The number of anilines is 2. The van der Waals surface area contributed by atoms with E-state index in [0.29, 0.717) is 23.5 Å². The van der Waals surface area contributed by atoms with Gasteiger partial charge in [0.25, 0.3) is 5.91 Å². The maximum atomic E-state index is 11.9. The second-order valence-corrected chi connectivity index (χ2v) is 4.71. The van der Waals surface area contributed by atoms with E-state index in [2.05, 4.69) is 10.6 Å². The van der Waals surface area contributed by atoms with Gasteiger partial charge in [0, 0.05) is 26.2 Å². The molecule has 110 valence electrons. The van der Waals surface area contributed by atoms with E-state index >= 15 is 0 Å². The van der Waals surface area contributed by atoms with Crippen molar-refractivity contribution in [2.24, 2.45) is 0 Å². The Balaban J connectivity index is 2.72. The van der Waals surface area contributed by atoms with Gasteiger partial charge in [-0.3, -0.25) is 9.59 Å². The summed E-state index contributed by atoms with van der Waals surface area (Å²) in [4.78, 5) is 24.9. The minimum Gasteiger partial charge on any atom is -0.397 e. The molecular weight excluding hydrogens is 256 g/mol. The first-order valence-corrected chi connectivity index (χ1v) is 6.57. The number of amides is 2. The summed E-state index contributed by atoms with van der Waals surface area (Å²) in [6.07, 6.45) is 0.890. The summed E-state index contributed by atoms with van der Waals surface area (Å²) in [5.74, 6) is -0.209. The summed E-state index contributed by atoms with van der Waals surface area (Å²) in [7, 11) is 3.37. The van der Waals surface area contributed by atoms with Gasteiger partial charge >= 0.3 is 0 Å². The molecule has 0 unspecified atom stereocenters. The van der Waals surface area contributed by atoms with Crippen molar-refractivity contribution < 1.29 is 9.59 Å². The van der Waals surface area contributed by atoms with E-state index in [-0.39, 0.29) is 18.4 Å². The average molecular weight is 278 g/mol. The molecular formula is C14H22N4O2. The van der Waals surface area contributed by atoms with Gasteiger partial charge in [-0.05, 0) is 24.6 Å². The summed E-state index contributed by atoms with van der Waals surface area (Å²) in [6, 6.07) is 4.98. The zero-order valence-electron chi connectivity index (χ0n) is 12.2. The van der Waals surface area contributed by atoms with Crippen molar-refractivity contribution in [1.29, 1.82) is 0 Å². The third-order valence-electron chi connectivity index (χ3n) is 2.72. The maximum Gasteiger partial charge on any atom is 0.253 e. The number of carbonyl (C=O) groups excluding carboxylic acids is 2. The Hall–Kier alpha value is -2.24. The first-order chi connectivity index (χ1) is 9.45. The molecule has 0 aliphatic rings. The quantitative estimate of drug-likeness (QED) is 0.675. The Morgan fingerprint density at radius 2 is 2.00 bits per heavy atom. The summed E-state index contributed by atoms with van der Waals surface area (Å²) < 4.78 is 0. The first kappa shape index (κ1) is 15.8. The molecule has 0 bridgehead atoms. The minimum absolute atomic E-state index is 0.101. The lowest BCUT2D eigenvalue weighted by atomic mass is 10.1. The predicted molar refractivity (Wildman–Crippen MR) is 80.7 cm³/mol. The third kappa shape index (κ3) is 4.46. The molecule has 0 saturated heterocycles. The summed E-state index contributed by atoms with van der Waals surface area (Å²) in [5, 5.41) is 5.71. The summed E-state index contributed by atoms with van der Waals surface area (Å²) >= 11 is 0. The zero-order chi connectivity index (χ0) is 15.1. The van der Waals surface area contributed by atoms with Gasteiger partial charge in [-0.15, -0.1) is 0 Å². The second-order valence-electron chi connectivity index (χ2n) is 4.71. The van der Waals surface area contributed by atoms with Gasteiger partial charge in [0.15, 0.2) is 0 Å². The van der Waals surface area contributed by atoms with Crippen LogP contribution < -0.4 is 16.4 Å². The van der Waals surface area contributed by atoms with Crippen LogP contribution in [0.25, 0.3) is 0 Å². The van der Waals surface area contributed by atoms with Gasteiger partial charge < -0.3 is 21.3 Å². The topological polar surface area (TPSA) is 87.5 Å². The molecule has 1 aromatic carbocycles. The molecule has 0 atom stereocenters. The average Bonchev–Trinajstić information content (AvgIpc) is 2.43. The van der Waals surface area contributed by atoms with Crippen LogP contribution in [0.5, 0.6) is 0 Å². The molecule has 6 heteroatoms. The van der Waals surface area contributed by atoms with E-state index in [1.807, 2.05) is 6.92 Å². The van der Waals surface area contributed by atoms with Crippen LogP contribution in [0.4, 0.5) is 11.4 Å². The zero-order valence-corrected chi connectivity index (χ0v) is 12.2. The van der Waals surface area contributed by atoms with Gasteiger partial charge in [0.1, 0.15) is 0 Å². The van der Waals surface area contributed by atoms with Crippen LogP contribution in [0.3, 0.4) is 0 Å². The second kappa shape index (κ2) is 7.37. The molecule has 1 aromatic rings. The smallest absolute Gasteiger partial charge is 0.253 e. The fourth-order valence-electron chi connectivity index (χ4n) is 1.60. The molecule has 0 spiro atoms. The Bertz CT molecular complexity index is 486. The SMILES string of the molecule is CCCNC(=O)CNc1cc(C(=O)N(C)C)ccc1N. The normalized spacial score (nSPS) is 9.95. The van der Waals surface area contributed by atoms with Crippen LogP contribution in [0.2, 0.25) is 0 Å². The number of nitrogens with one attached hydrogen (secondary N) is 2. The number of rotatable bonds is 6. The molecule has 0 heterocycles. The molecule has 2 amide bonds. The van der Waals surface area contributed by atoms with E-state index in [9.17, 15) is 9.59 Å². The van der Waals surface area contributed by atoms with Gasteiger partial charge in [-0.1, -0.05) is 6.92 Å². The maximum absolute atomic E-state index is 11.9. The Morgan fingerprint density at radius 3 is 2.60 bits per heavy atom. The third-order valence-corrected chi connectivity index (χ3v) is 2.72. The van der Waals surface area contributed by atoms with E-state index in [1.54, 1.807) is 32.3 Å².